The van der Waals surface area contributed by atoms with E-state index in [-0.39, 0.29) is 17.6 Å². The molecule has 0 unspecified atom stereocenters. The Labute approximate surface area is 160 Å². The fraction of sp³-hybridized carbons (Fsp3) is 0.619. The van der Waals surface area contributed by atoms with Crippen molar-refractivity contribution in [2.45, 2.75) is 63.5 Å². The quantitative estimate of drug-likeness (QED) is 0.832. The molecule has 148 valence electrons. The lowest BCUT2D eigenvalue weighted by Crippen LogP contribution is -2.54. The Kier molecular flexibility index (Phi) is 6.47. The van der Waals surface area contributed by atoms with E-state index >= 15 is 0 Å². The van der Waals surface area contributed by atoms with Crippen LogP contribution in [-0.2, 0) is 15.1 Å². The molecule has 2 amide bonds. The molecule has 1 aromatic carbocycles. The lowest BCUT2D eigenvalue weighted by Gasteiger charge is -2.42. The average molecular weight is 375 g/mol. The number of carbonyl (C=O) groups is 2. The molecule has 1 aromatic rings. The first-order chi connectivity index (χ1) is 13.0. The van der Waals surface area contributed by atoms with Gasteiger partial charge in [0.05, 0.1) is 12.1 Å². The monoisotopic (exact) mass is 375 g/mol. The van der Waals surface area contributed by atoms with Crippen LogP contribution in [0.25, 0.3) is 0 Å². The third-order valence-corrected chi connectivity index (χ3v) is 5.85. The summed E-state index contributed by atoms with van der Waals surface area (Å²) in [4.78, 5) is 26.2. The van der Waals surface area contributed by atoms with Crippen molar-refractivity contribution in [2.24, 2.45) is 0 Å². The highest BCUT2D eigenvalue weighted by Gasteiger charge is 2.39. The van der Waals surface area contributed by atoms with Crippen LogP contribution in [0.4, 0.5) is 4.39 Å². The molecule has 1 aliphatic carbocycles. The van der Waals surface area contributed by atoms with E-state index in [4.69, 9.17) is 0 Å². The third-order valence-electron chi connectivity index (χ3n) is 5.85. The first-order valence-electron chi connectivity index (χ1n) is 10.0. The summed E-state index contributed by atoms with van der Waals surface area (Å²) in [7, 11) is 0. The zero-order chi connectivity index (χ0) is 19.3. The number of amides is 2. The lowest BCUT2D eigenvalue weighted by molar-refractivity contribution is -0.125. The maximum Gasteiger partial charge on any atom is 0.234 e. The van der Waals surface area contributed by atoms with Crippen molar-refractivity contribution in [1.29, 1.82) is 0 Å². The summed E-state index contributed by atoms with van der Waals surface area (Å²) >= 11 is 0. The number of rotatable bonds is 5. The number of nitrogens with one attached hydrogen (secondary N) is 2. The highest BCUT2D eigenvalue weighted by molar-refractivity contribution is 5.78. The van der Waals surface area contributed by atoms with Gasteiger partial charge in [0.15, 0.2) is 0 Å². The summed E-state index contributed by atoms with van der Waals surface area (Å²) in [5, 5.41) is 6.14. The number of hydrogen-bond donors (Lipinski definition) is 2. The molecule has 1 heterocycles. The van der Waals surface area contributed by atoms with Gasteiger partial charge in [-0.15, -0.1) is 0 Å². The average Bonchev–Trinajstić information content (AvgIpc) is 2.64. The van der Waals surface area contributed by atoms with Crippen molar-refractivity contribution >= 4 is 11.8 Å². The lowest BCUT2D eigenvalue weighted by atomic mass is 9.80. The minimum atomic E-state index is -0.701. The first-order valence-corrected chi connectivity index (χ1v) is 10.0. The fourth-order valence-corrected chi connectivity index (χ4v) is 4.46. The van der Waals surface area contributed by atoms with Gasteiger partial charge in [0, 0.05) is 31.6 Å². The summed E-state index contributed by atoms with van der Waals surface area (Å²) in [6.45, 7) is 3.12. The van der Waals surface area contributed by atoms with Crippen molar-refractivity contribution in [3.8, 4) is 0 Å². The second-order valence-electron chi connectivity index (χ2n) is 7.92. The van der Waals surface area contributed by atoms with Gasteiger partial charge >= 0.3 is 0 Å². The van der Waals surface area contributed by atoms with Crippen LogP contribution in [0.3, 0.4) is 0 Å². The van der Waals surface area contributed by atoms with Crippen LogP contribution in [0, 0.1) is 5.82 Å². The molecule has 2 fully saturated rings. The Morgan fingerprint density at radius 3 is 2.44 bits per heavy atom. The largest absolute Gasteiger partial charge is 0.352 e. The highest BCUT2D eigenvalue weighted by atomic mass is 19.1. The molecule has 0 atom stereocenters. The number of benzene rings is 1. The Bertz CT molecular complexity index is 665. The van der Waals surface area contributed by atoms with Crippen LogP contribution in [-0.4, -0.2) is 42.4 Å². The summed E-state index contributed by atoms with van der Waals surface area (Å²) in [6, 6.07) is 6.95. The summed E-state index contributed by atoms with van der Waals surface area (Å²) in [5.74, 6) is -0.392. The van der Waals surface area contributed by atoms with Crippen molar-refractivity contribution in [2.75, 3.05) is 19.6 Å². The van der Waals surface area contributed by atoms with E-state index in [0.717, 1.165) is 12.8 Å². The number of carbonyl (C=O) groups excluding carboxylic acids is 2. The van der Waals surface area contributed by atoms with E-state index in [1.54, 1.807) is 18.2 Å². The maximum atomic E-state index is 14.4. The third kappa shape index (κ3) is 5.06. The highest BCUT2D eigenvalue weighted by Crippen LogP contribution is 2.34. The molecule has 1 saturated carbocycles. The van der Waals surface area contributed by atoms with E-state index in [0.29, 0.717) is 44.1 Å². The van der Waals surface area contributed by atoms with Gasteiger partial charge in [-0.05, 0) is 31.7 Å². The molecule has 5 nitrogen and oxygen atoms in total. The van der Waals surface area contributed by atoms with Gasteiger partial charge in [-0.25, -0.2) is 4.39 Å². The first kappa shape index (κ1) is 19.8. The van der Waals surface area contributed by atoms with E-state index in [1.165, 1.54) is 32.3 Å². The molecular weight excluding hydrogens is 345 g/mol. The van der Waals surface area contributed by atoms with Gasteiger partial charge in [0.2, 0.25) is 11.8 Å². The number of nitrogens with zero attached hydrogens (tertiary/aromatic N) is 1. The van der Waals surface area contributed by atoms with Crippen molar-refractivity contribution in [3.63, 3.8) is 0 Å². The van der Waals surface area contributed by atoms with Crippen LogP contribution >= 0.6 is 0 Å². The molecule has 27 heavy (non-hydrogen) atoms. The number of likely N-dealkylation sites (tertiary alicyclic amines) is 1. The van der Waals surface area contributed by atoms with Crippen LogP contribution in [0.2, 0.25) is 0 Å². The number of piperidine rings is 1. The normalized spacial score (nSPS) is 20.8. The molecule has 3 rings (SSSR count). The molecule has 2 aliphatic rings. The van der Waals surface area contributed by atoms with Gasteiger partial charge in [-0.2, -0.15) is 0 Å². The molecule has 0 bridgehead atoms. The molecular formula is C21H30FN3O2. The van der Waals surface area contributed by atoms with Gasteiger partial charge in [0.1, 0.15) is 5.82 Å². The predicted octanol–water partition coefficient (Wildman–Crippen LogP) is 2.70. The van der Waals surface area contributed by atoms with Gasteiger partial charge < -0.3 is 10.6 Å². The number of hydrogen-bond acceptors (Lipinski definition) is 3. The zero-order valence-corrected chi connectivity index (χ0v) is 16.1. The molecule has 0 radical (unpaired) electrons. The molecule has 1 saturated heterocycles. The standard InChI is InChI=1S/C21H30FN3O2/c1-16(26)24-21(18-9-5-6-10-19(18)22)11-13-25(14-12-21)15-20(27)23-17-7-3-2-4-8-17/h5-6,9-10,17H,2-4,7-8,11-15H2,1H3,(H,23,27)(H,24,26). The second-order valence-corrected chi connectivity index (χ2v) is 7.92. The minimum absolute atomic E-state index is 0.0693. The molecule has 0 aromatic heterocycles. The van der Waals surface area contributed by atoms with Crippen LogP contribution in [0.1, 0.15) is 57.4 Å². The smallest absolute Gasteiger partial charge is 0.234 e. The van der Waals surface area contributed by atoms with E-state index in [2.05, 4.69) is 15.5 Å². The maximum absolute atomic E-state index is 14.4. The van der Waals surface area contributed by atoms with Gasteiger partial charge in [0.25, 0.3) is 0 Å². The molecule has 0 spiro atoms. The number of halogens is 1. The second kappa shape index (κ2) is 8.83. The Hall–Kier alpha value is -1.95. The van der Waals surface area contributed by atoms with Crippen LogP contribution in [0.15, 0.2) is 24.3 Å². The van der Waals surface area contributed by atoms with E-state index < -0.39 is 5.54 Å². The fourth-order valence-electron chi connectivity index (χ4n) is 4.46. The zero-order valence-electron chi connectivity index (χ0n) is 16.1. The SMILES string of the molecule is CC(=O)NC1(c2ccccc2F)CCN(CC(=O)NC2CCCCC2)CC1. The molecule has 2 N–H and O–H groups in total. The topological polar surface area (TPSA) is 61.4 Å². The Morgan fingerprint density at radius 2 is 1.81 bits per heavy atom. The molecule has 6 heteroatoms. The van der Waals surface area contributed by atoms with Crippen molar-refractivity contribution in [1.82, 2.24) is 15.5 Å². The van der Waals surface area contributed by atoms with Crippen molar-refractivity contribution < 1.29 is 14.0 Å². The van der Waals surface area contributed by atoms with Crippen LogP contribution < -0.4 is 10.6 Å². The summed E-state index contributed by atoms with van der Waals surface area (Å²) < 4.78 is 14.4. The van der Waals surface area contributed by atoms with Gasteiger partial charge in [-0.3, -0.25) is 14.5 Å². The Balaban J connectivity index is 1.60. The predicted molar refractivity (Wildman–Crippen MR) is 103 cm³/mol. The summed E-state index contributed by atoms with van der Waals surface area (Å²) in [6.07, 6.45) is 6.97. The van der Waals surface area contributed by atoms with Crippen LogP contribution in [0.5, 0.6) is 0 Å². The summed E-state index contributed by atoms with van der Waals surface area (Å²) in [5.41, 5.74) is -0.167. The van der Waals surface area contributed by atoms with Crippen molar-refractivity contribution in [3.05, 3.63) is 35.6 Å². The van der Waals surface area contributed by atoms with Gasteiger partial charge in [-0.1, -0.05) is 37.5 Å². The van der Waals surface area contributed by atoms with E-state index in [1.807, 2.05) is 0 Å². The minimum Gasteiger partial charge on any atom is -0.352 e. The van der Waals surface area contributed by atoms with E-state index in [9.17, 15) is 14.0 Å². The Morgan fingerprint density at radius 1 is 1.15 bits per heavy atom. The molecule has 1 aliphatic heterocycles.